The van der Waals surface area contributed by atoms with Crippen LogP contribution in [0.25, 0.3) is 0 Å². The molecule has 0 aromatic carbocycles. The third-order valence-corrected chi connectivity index (χ3v) is 2.09. The van der Waals surface area contributed by atoms with Gasteiger partial charge in [0, 0.05) is 18.7 Å². The van der Waals surface area contributed by atoms with Crippen molar-refractivity contribution in [3.05, 3.63) is 47.6 Å². The van der Waals surface area contributed by atoms with E-state index in [1.54, 1.807) is 30.4 Å². The number of nitrogens with one attached hydrogen (secondary N) is 1. The summed E-state index contributed by atoms with van der Waals surface area (Å²) in [6.45, 7) is 0.902. The van der Waals surface area contributed by atoms with Crippen molar-refractivity contribution in [1.29, 1.82) is 5.41 Å². The van der Waals surface area contributed by atoms with Gasteiger partial charge in [-0.1, -0.05) is 30.4 Å². The second-order valence-corrected chi connectivity index (χ2v) is 3.37. The summed E-state index contributed by atoms with van der Waals surface area (Å²) in [6.07, 6.45) is 11.2. The van der Waals surface area contributed by atoms with Gasteiger partial charge in [-0.2, -0.15) is 0 Å². The predicted molar refractivity (Wildman–Crippen MR) is 58.5 cm³/mol. The summed E-state index contributed by atoms with van der Waals surface area (Å²) in [5.41, 5.74) is 0.950. The standard InChI is InChI=1S/C12H13F2N/c1-12(13,14)11-6-2-4-10(7-8-11)5-3-9-15/h2-7,9,15H,8H2,1H3. The van der Waals surface area contributed by atoms with Gasteiger partial charge in [0.25, 0.3) is 5.92 Å². The summed E-state index contributed by atoms with van der Waals surface area (Å²) >= 11 is 0. The molecule has 0 aromatic rings. The lowest BCUT2D eigenvalue weighted by molar-refractivity contribution is 0.0613. The molecule has 1 rings (SSSR count). The van der Waals surface area contributed by atoms with E-state index in [4.69, 9.17) is 5.41 Å². The maximum atomic E-state index is 13.0. The van der Waals surface area contributed by atoms with Crippen LogP contribution in [0.1, 0.15) is 13.3 Å². The predicted octanol–water partition coefficient (Wildman–Crippen LogP) is 3.66. The normalized spacial score (nSPS) is 17.3. The molecule has 0 fully saturated rings. The lowest BCUT2D eigenvalue weighted by Crippen LogP contribution is -2.12. The molecule has 15 heavy (non-hydrogen) atoms. The van der Waals surface area contributed by atoms with Gasteiger partial charge in [-0.05, 0) is 18.1 Å². The molecule has 1 aliphatic carbocycles. The van der Waals surface area contributed by atoms with Crippen LogP contribution in [0.15, 0.2) is 47.6 Å². The number of halogens is 2. The number of alkyl halides is 2. The zero-order valence-electron chi connectivity index (χ0n) is 8.50. The van der Waals surface area contributed by atoms with Gasteiger partial charge in [-0.25, -0.2) is 8.78 Å². The first-order valence-electron chi connectivity index (χ1n) is 4.67. The topological polar surface area (TPSA) is 23.9 Å². The first-order chi connectivity index (χ1) is 7.04. The van der Waals surface area contributed by atoms with Crippen molar-refractivity contribution in [2.45, 2.75) is 19.3 Å². The van der Waals surface area contributed by atoms with E-state index < -0.39 is 5.92 Å². The second-order valence-electron chi connectivity index (χ2n) is 3.37. The molecular weight excluding hydrogens is 196 g/mol. The summed E-state index contributed by atoms with van der Waals surface area (Å²) < 4.78 is 26.0. The van der Waals surface area contributed by atoms with Gasteiger partial charge in [-0.15, -0.1) is 0 Å². The maximum absolute atomic E-state index is 13.0. The van der Waals surface area contributed by atoms with Crippen molar-refractivity contribution in [3.63, 3.8) is 0 Å². The summed E-state index contributed by atoms with van der Waals surface area (Å²) in [6, 6.07) is 0. The van der Waals surface area contributed by atoms with Gasteiger partial charge >= 0.3 is 0 Å². The fourth-order valence-corrected chi connectivity index (χ4v) is 1.25. The zero-order valence-corrected chi connectivity index (χ0v) is 8.50. The van der Waals surface area contributed by atoms with Crippen molar-refractivity contribution in [1.82, 2.24) is 0 Å². The molecule has 0 saturated heterocycles. The van der Waals surface area contributed by atoms with Crippen LogP contribution in [0, 0.1) is 5.41 Å². The third-order valence-electron chi connectivity index (χ3n) is 2.09. The first-order valence-corrected chi connectivity index (χ1v) is 4.67. The fourth-order valence-electron chi connectivity index (χ4n) is 1.25. The monoisotopic (exact) mass is 209 g/mol. The first kappa shape index (κ1) is 11.6. The van der Waals surface area contributed by atoms with Crippen molar-refractivity contribution < 1.29 is 8.78 Å². The van der Waals surface area contributed by atoms with Gasteiger partial charge in [0.2, 0.25) is 0 Å². The Morgan fingerprint density at radius 3 is 2.80 bits per heavy atom. The molecule has 0 saturated carbocycles. The third kappa shape index (κ3) is 3.62. The lowest BCUT2D eigenvalue weighted by atomic mass is 10.1. The molecule has 0 bridgehead atoms. The molecule has 0 spiro atoms. The van der Waals surface area contributed by atoms with Crippen LogP contribution in [0.5, 0.6) is 0 Å². The minimum Gasteiger partial charge on any atom is -0.309 e. The molecule has 0 unspecified atom stereocenters. The minimum atomic E-state index is -2.76. The van der Waals surface area contributed by atoms with E-state index in [1.165, 1.54) is 6.08 Å². The highest BCUT2D eigenvalue weighted by Gasteiger charge is 2.26. The summed E-state index contributed by atoms with van der Waals surface area (Å²) in [5.74, 6) is -2.76. The Hall–Kier alpha value is -1.51. The number of hydrogen-bond donors (Lipinski definition) is 1. The van der Waals surface area contributed by atoms with Gasteiger partial charge in [0.05, 0.1) is 0 Å². The van der Waals surface area contributed by atoms with Crippen LogP contribution in [0.2, 0.25) is 0 Å². The molecule has 1 aliphatic rings. The average molecular weight is 209 g/mol. The Morgan fingerprint density at radius 2 is 2.20 bits per heavy atom. The SMILES string of the molecule is CC(F)(F)C1=CC=CC(C=CC=N)=CC1. The van der Waals surface area contributed by atoms with E-state index in [-0.39, 0.29) is 12.0 Å². The Balaban J connectivity index is 2.80. The van der Waals surface area contributed by atoms with Crippen LogP contribution < -0.4 is 0 Å². The Labute approximate surface area is 88.0 Å². The van der Waals surface area contributed by atoms with Crippen molar-refractivity contribution >= 4 is 6.21 Å². The molecule has 1 N–H and O–H groups in total. The summed E-state index contributed by atoms with van der Waals surface area (Å²) in [5, 5.41) is 6.82. The van der Waals surface area contributed by atoms with Gasteiger partial charge in [0.15, 0.2) is 0 Å². The second kappa shape index (κ2) is 4.82. The zero-order chi connectivity index (χ0) is 11.3. The smallest absolute Gasteiger partial charge is 0.267 e. The van der Waals surface area contributed by atoms with Gasteiger partial charge in [-0.3, -0.25) is 0 Å². The van der Waals surface area contributed by atoms with Crippen molar-refractivity contribution in [2.75, 3.05) is 0 Å². The van der Waals surface area contributed by atoms with Gasteiger partial charge in [0.1, 0.15) is 0 Å². The molecule has 0 aliphatic heterocycles. The van der Waals surface area contributed by atoms with Crippen LogP contribution >= 0.6 is 0 Å². The Bertz CT molecular complexity index is 354. The summed E-state index contributed by atoms with van der Waals surface area (Å²) in [4.78, 5) is 0. The Morgan fingerprint density at radius 1 is 1.47 bits per heavy atom. The van der Waals surface area contributed by atoms with Crippen LogP contribution in [0.3, 0.4) is 0 Å². The van der Waals surface area contributed by atoms with E-state index in [0.29, 0.717) is 0 Å². The van der Waals surface area contributed by atoms with Crippen LogP contribution in [-0.2, 0) is 0 Å². The van der Waals surface area contributed by atoms with Crippen molar-refractivity contribution in [3.8, 4) is 0 Å². The van der Waals surface area contributed by atoms with Crippen LogP contribution in [-0.4, -0.2) is 12.1 Å². The van der Waals surface area contributed by atoms with Gasteiger partial charge < -0.3 is 5.41 Å². The number of rotatable bonds is 3. The molecule has 0 heterocycles. The van der Waals surface area contributed by atoms with Crippen LogP contribution in [0.4, 0.5) is 8.78 Å². The fraction of sp³-hybridized carbons (Fsp3) is 0.250. The molecule has 0 amide bonds. The molecule has 1 nitrogen and oxygen atoms in total. The summed E-state index contributed by atoms with van der Waals surface area (Å²) in [7, 11) is 0. The van der Waals surface area contributed by atoms with E-state index in [0.717, 1.165) is 18.7 Å². The van der Waals surface area contributed by atoms with E-state index in [1.807, 2.05) is 0 Å². The molecule has 80 valence electrons. The highest BCUT2D eigenvalue weighted by molar-refractivity contribution is 5.69. The molecule has 0 radical (unpaired) electrons. The highest BCUT2D eigenvalue weighted by atomic mass is 19.3. The molecule has 0 aromatic heterocycles. The van der Waals surface area contributed by atoms with E-state index >= 15 is 0 Å². The molecule has 3 heteroatoms. The van der Waals surface area contributed by atoms with Crippen molar-refractivity contribution in [2.24, 2.45) is 0 Å². The molecular formula is C12H13F2N. The quantitative estimate of drug-likeness (QED) is 0.686. The number of hydrogen-bond acceptors (Lipinski definition) is 1. The highest BCUT2D eigenvalue weighted by Crippen LogP contribution is 2.28. The Kier molecular flexibility index (Phi) is 3.72. The van der Waals surface area contributed by atoms with E-state index in [9.17, 15) is 8.78 Å². The largest absolute Gasteiger partial charge is 0.309 e. The minimum absolute atomic E-state index is 0.108. The average Bonchev–Trinajstić information content (AvgIpc) is 2.38. The maximum Gasteiger partial charge on any atom is 0.267 e. The lowest BCUT2D eigenvalue weighted by Gasteiger charge is -2.12. The van der Waals surface area contributed by atoms with E-state index in [2.05, 4.69) is 0 Å². The number of allylic oxidation sites excluding steroid dienone is 8. The molecule has 0 atom stereocenters.